The fourth-order valence-corrected chi connectivity index (χ4v) is 20.2. The van der Waals surface area contributed by atoms with E-state index in [0.717, 1.165) is 5.69 Å². The molecule has 0 radical (unpaired) electrons. The van der Waals surface area contributed by atoms with E-state index in [4.69, 9.17) is 0 Å². The van der Waals surface area contributed by atoms with Crippen molar-refractivity contribution in [3.63, 3.8) is 0 Å². The number of rotatable bonds is 11. The first-order valence-electron chi connectivity index (χ1n) is 21.5. The van der Waals surface area contributed by atoms with Gasteiger partial charge in [-0.25, -0.2) is 0 Å². The molecule has 0 saturated carbocycles. The number of para-hydroxylation sites is 1. The van der Waals surface area contributed by atoms with Crippen molar-refractivity contribution < 1.29 is 0 Å². The molecule has 0 spiro atoms. The Labute approximate surface area is 367 Å². The van der Waals surface area contributed by atoms with Gasteiger partial charge in [0.05, 0.1) is 5.69 Å². The van der Waals surface area contributed by atoms with Crippen LogP contribution in [0.5, 0.6) is 0 Å². The topological polar surface area (TPSA) is 4.93 Å². The molecule has 0 N–H and O–H groups in total. The highest BCUT2D eigenvalue weighted by molar-refractivity contribution is 7.21. The van der Waals surface area contributed by atoms with Crippen LogP contribution in [0.2, 0.25) is 0 Å². The molecule has 0 saturated heterocycles. The normalized spacial score (nSPS) is 11.6. The van der Waals surface area contributed by atoms with Crippen molar-refractivity contribution in [1.82, 2.24) is 4.57 Å². The molecule has 0 unspecified atom stereocenters. The zero-order valence-corrected chi connectivity index (χ0v) is 36.9. The van der Waals surface area contributed by atoms with Gasteiger partial charge in [0.1, 0.15) is 0 Å². The Morgan fingerprint density at radius 3 is 0.984 bits per heavy atom. The quantitative estimate of drug-likeness (QED) is 0.0908. The van der Waals surface area contributed by atoms with E-state index in [1.165, 1.54) is 69.6 Å². The summed E-state index contributed by atoms with van der Waals surface area (Å²) in [6.45, 7) is 2.34. The van der Waals surface area contributed by atoms with Crippen LogP contribution in [0.15, 0.2) is 267 Å². The van der Waals surface area contributed by atoms with Crippen molar-refractivity contribution in [3.05, 3.63) is 273 Å². The highest BCUT2D eigenvalue weighted by atomic mass is 28.3. The average Bonchev–Trinajstić information content (AvgIpc) is 3.67. The van der Waals surface area contributed by atoms with Crippen LogP contribution in [0.4, 0.5) is 0 Å². The molecule has 0 fully saturated rings. The minimum atomic E-state index is -3.16. The third kappa shape index (κ3) is 6.54. The summed E-state index contributed by atoms with van der Waals surface area (Å²) in [4.78, 5) is 0. The first-order chi connectivity index (χ1) is 30.7. The summed E-state index contributed by atoms with van der Waals surface area (Å²) in [5, 5.41) is 10.8. The van der Waals surface area contributed by atoms with Crippen molar-refractivity contribution in [1.29, 1.82) is 0 Å². The molecule has 0 bridgehead atoms. The lowest BCUT2D eigenvalue weighted by molar-refractivity contribution is 1.03. The van der Waals surface area contributed by atoms with Crippen LogP contribution in [-0.2, 0) is 0 Å². The van der Waals surface area contributed by atoms with Gasteiger partial charge < -0.3 is 4.57 Å². The molecule has 1 heterocycles. The molecule has 0 amide bonds. The Morgan fingerprint density at radius 2 is 0.597 bits per heavy atom. The van der Waals surface area contributed by atoms with Gasteiger partial charge in [-0.2, -0.15) is 0 Å². The summed E-state index contributed by atoms with van der Waals surface area (Å²) in [5.74, 6) is 0. The lowest BCUT2D eigenvalue weighted by atomic mass is 10.0. The van der Waals surface area contributed by atoms with E-state index in [9.17, 15) is 0 Å². The van der Waals surface area contributed by atoms with Crippen molar-refractivity contribution in [3.8, 4) is 28.1 Å². The van der Waals surface area contributed by atoms with Crippen molar-refractivity contribution in [2.24, 2.45) is 0 Å². The third-order valence-corrected chi connectivity index (χ3v) is 22.3. The van der Waals surface area contributed by atoms with Gasteiger partial charge in [-0.05, 0) is 71.7 Å². The fraction of sp³-hybridized carbons (Fsp3) is 0.0169. The molecule has 62 heavy (non-hydrogen) atoms. The monoisotopic (exact) mass is 825 g/mol. The van der Waals surface area contributed by atoms with Crippen LogP contribution in [-0.4, -0.2) is 20.7 Å². The molecule has 0 aliphatic carbocycles. The van der Waals surface area contributed by atoms with Gasteiger partial charge in [-0.3, -0.25) is 0 Å². The number of hydrogen-bond acceptors (Lipinski definition) is 0. The molecule has 0 atom stereocenters. The highest BCUT2D eigenvalue weighted by Crippen LogP contribution is 2.36. The first kappa shape index (κ1) is 38.9. The van der Waals surface area contributed by atoms with Crippen LogP contribution >= 0.6 is 0 Å². The smallest absolute Gasteiger partial charge is 0.182 e. The summed E-state index contributed by atoms with van der Waals surface area (Å²) >= 11 is 0. The summed E-state index contributed by atoms with van der Waals surface area (Å²) in [6.07, 6.45) is 0. The molecule has 0 aliphatic heterocycles. The number of hydrogen-bond donors (Lipinski definition) is 0. The second-order valence-electron chi connectivity index (χ2n) is 16.0. The highest BCUT2D eigenvalue weighted by Gasteiger charge is 2.48. The zero-order valence-electron chi connectivity index (χ0n) is 34.9. The number of benzene rings is 9. The average molecular weight is 826 g/mol. The molecule has 10 aromatic rings. The minimum Gasteiger partial charge on any atom is -0.313 e. The Kier molecular flexibility index (Phi) is 10.6. The number of aromatic nitrogens is 1. The van der Waals surface area contributed by atoms with E-state index in [1.807, 2.05) is 0 Å². The number of nitrogens with zero attached hydrogens (tertiary/aromatic N) is 1. The van der Waals surface area contributed by atoms with Gasteiger partial charge in [0.25, 0.3) is 0 Å². The molecule has 296 valence electrons. The molecule has 3 heteroatoms. The molecule has 1 nitrogen and oxygen atoms in total. The van der Waals surface area contributed by atoms with Gasteiger partial charge in [0.15, 0.2) is 16.1 Å². The van der Waals surface area contributed by atoms with E-state index in [1.54, 1.807) is 0 Å². The van der Waals surface area contributed by atoms with E-state index in [0.29, 0.717) is 0 Å². The maximum Gasteiger partial charge on any atom is 0.182 e. The predicted molar refractivity (Wildman–Crippen MR) is 269 cm³/mol. The van der Waals surface area contributed by atoms with Crippen molar-refractivity contribution in [2.75, 3.05) is 0 Å². The van der Waals surface area contributed by atoms with Crippen LogP contribution in [0.1, 0.15) is 5.69 Å². The van der Waals surface area contributed by atoms with Gasteiger partial charge in [0.2, 0.25) is 0 Å². The summed E-state index contributed by atoms with van der Waals surface area (Å²) in [6, 6.07) is 99.7. The molecule has 0 aliphatic rings. The molecule has 1 aromatic heterocycles. The van der Waals surface area contributed by atoms with Crippen molar-refractivity contribution >= 4 is 57.6 Å². The third-order valence-electron chi connectivity index (χ3n) is 12.7. The Bertz CT molecular complexity index is 2830. The van der Waals surface area contributed by atoms with E-state index >= 15 is 0 Å². The van der Waals surface area contributed by atoms with E-state index in [-0.39, 0.29) is 0 Å². The van der Waals surface area contributed by atoms with Crippen LogP contribution < -0.4 is 41.5 Å². The summed E-state index contributed by atoms with van der Waals surface area (Å²) in [5.41, 5.74) is 7.29. The maximum atomic E-state index is 2.57. The minimum absolute atomic E-state index is 1.14. The SMILES string of the molecule is Cc1c(-c2ccccc2)c([Si](c2ccccc2)(c2ccccc2)c2ccccc2)c(-c2cccc([Si](c3ccccc3)(c3ccccc3)c3ccccc3)c2)n1-c1ccccc1. The Morgan fingerprint density at radius 1 is 0.290 bits per heavy atom. The van der Waals surface area contributed by atoms with Crippen LogP contribution in [0.25, 0.3) is 28.1 Å². The lowest BCUT2D eigenvalue weighted by Crippen LogP contribution is -2.75. The van der Waals surface area contributed by atoms with Gasteiger partial charge in [-0.15, -0.1) is 0 Å². The summed E-state index contributed by atoms with van der Waals surface area (Å²) < 4.78 is 2.57. The Balaban J connectivity index is 1.42. The van der Waals surface area contributed by atoms with Gasteiger partial charge in [0, 0.05) is 16.9 Å². The standard InChI is InChI=1S/C59H47NSi2/c1-46-57(47-27-10-2-11-28-47)59(62(53-38-20-7-21-39-53,54-40-22-8-23-41-54)55-42-24-9-25-43-55)58(60(46)49-30-12-3-13-31-49)48-29-26-44-56(45-48)61(50-32-14-4-15-33-50,51-34-16-5-17-35-51)52-36-18-6-19-37-52/h2-45H,1H3. The Hall–Kier alpha value is -7.31. The summed E-state index contributed by atoms with van der Waals surface area (Å²) in [7, 11) is -6.05. The van der Waals surface area contributed by atoms with Gasteiger partial charge >= 0.3 is 0 Å². The molecule has 9 aromatic carbocycles. The fourth-order valence-electron chi connectivity index (χ4n) is 10.1. The van der Waals surface area contributed by atoms with Crippen LogP contribution in [0, 0.1) is 6.92 Å². The van der Waals surface area contributed by atoms with Crippen LogP contribution in [0.3, 0.4) is 0 Å². The van der Waals surface area contributed by atoms with E-state index in [2.05, 4.69) is 278 Å². The first-order valence-corrected chi connectivity index (χ1v) is 25.5. The van der Waals surface area contributed by atoms with Crippen molar-refractivity contribution in [2.45, 2.75) is 6.92 Å². The van der Waals surface area contributed by atoms with Gasteiger partial charge in [-0.1, -0.05) is 255 Å². The lowest BCUT2D eigenvalue weighted by Gasteiger charge is -2.36. The zero-order chi connectivity index (χ0) is 41.8. The largest absolute Gasteiger partial charge is 0.313 e. The second-order valence-corrected chi connectivity index (χ2v) is 23.5. The molecule has 10 rings (SSSR count). The molecular formula is C59H47NSi2. The predicted octanol–water partition coefficient (Wildman–Crippen LogP) is 8.87. The second kappa shape index (κ2) is 17.0. The maximum absolute atomic E-state index is 3.16. The van der Waals surface area contributed by atoms with E-state index < -0.39 is 16.1 Å². The molecular weight excluding hydrogens is 779 g/mol.